The number of nitrogens with one attached hydrogen (secondary N) is 1. The van der Waals surface area contributed by atoms with E-state index in [1.807, 2.05) is 30.3 Å². The van der Waals surface area contributed by atoms with Gasteiger partial charge in [-0.25, -0.2) is 0 Å². The van der Waals surface area contributed by atoms with Gasteiger partial charge in [0.1, 0.15) is 0 Å². The SMILES string of the molecule is N=C(c1ccc(N2CC(N3CCOCC3)C2)cc1)c1cc([N-]CC2(c3ccccc3)CCOCC2)ccc1N.[W]. The Labute approximate surface area is 251 Å². The summed E-state index contributed by atoms with van der Waals surface area (Å²) in [5.41, 5.74) is 12.3. The first-order chi connectivity index (χ1) is 19.1. The van der Waals surface area contributed by atoms with Crippen LogP contribution in [0.4, 0.5) is 17.1 Å². The van der Waals surface area contributed by atoms with E-state index in [-0.39, 0.29) is 26.5 Å². The molecule has 0 bridgehead atoms. The Balaban J connectivity index is 0.00000323. The summed E-state index contributed by atoms with van der Waals surface area (Å²) in [6.45, 7) is 8.03. The third kappa shape index (κ3) is 6.13. The summed E-state index contributed by atoms with van der Waals surface area (Å²) in [5, 5.41) is 14.0. The van der Waals surface area contributed by atoms with Crippen molar-refractivity contribution in [1.29, 1.82) is 5.41 Å². The van der Waals surface area contributed by atoms with Crippen LogP contribution in [0, 0.1) is 5.41 Å². The van der Waals surface area contributed by atoms with Gasteiger partial charge in [0.05, 0.1) is 18.9 Å². The van der Waals surface area contributed by atoms with E-state index < -0.39 is 0 Å². The summed E-state index contributed by atoms with van der Waals surface area (Å²) in [4.78, 5) is 4.94. The zero-order chi connectivity index (χ0) is 26.7. The number of anilines is 2. The van der Waals surface area contributed by atoms with Crippen molar-refractivity contribution in [3.63, 3.8) is 0 Å². The summed E-state index contributed by atoms with van der Waals surface area (Å²) in [7, 11) is 0. The Kier molecular flexibility index (Phi) is 9.27. The molecule has 40 heavy (non-hydrogen) atoms. The summed E-state index contributed by atoms with van der Waals surface area (Å²) in [6, 6.07) is 25.4. The van der Waals surface area contributed by atoms with Crippen molar-refractivity contribution in [1.82, 2.24) is 4.90 Å². The van der Waals surface area contributed by atoms with Crippen molar-refractivity contribution >= 4 is 22.8 Å². The molecule has 3 aliphatic heterocycles. The molecule has 0 aromatic heterocycles. The predicted molar refractivity (Wildman–Crippen MR) is 158 cm³/mol. The van der Waals surface area contributed by atoms with E-state index in [1.165, 1.54) is 11.3 Å². The van der Waals surface area contributed by atoms with Gasteiger partial charge in [-0.15, -0.1) is 12.2 Å². The van der Waals surface area contributed by atoms with Gasteiger partial charge in [-0.1, -0.05) is 54.6 Å². The van der Waals surface area contributed by atoms with Crippen molar-refractivity contribution < 1.29 is 30.5 Å². The Morgan fingerprint density at radius 3 is 2.27 bits per heavy atom. The molecule has 3 aromatic rings. The zero-order valence-corrected chi connectivity index (χ0v) is 25.9. The van der Waals surface area contributed by atoms with Gasteiger partial charge in [-0.05, 0) is 42.0 Å². The molecule has 3 saturated heterocycles. The van der Waals surface area contributed by atoms with Gasteiger partial charge < -0.3 is 25.4 Å². The van der Waals surface area contributed by atoms with Crippen molar-refractivity contribution in [3.8, 4) is 0 Å². The summed E-state index contributed by atoms with van der Waals surface area (Å²) in [6.07, 6.45) is 1.91. The molecule has 8 heteroatoms. The maximum Gasteiger partial charge on any atom is 0.0704 e. The van der Waals surface area contributed by atoms with Crippen LogP contribution in [-0.2, 0) is 36.0 Å². The molecular formula is C32H38N5O2W-. The Hall–Kier alpha value is -2.70. The zero-order valence-electron chi connectivity index (χ0n) is 22.9. The van der Waals surface area contributed by atoms with E-state index in [2.05, 4.69) is 52.3 Å². The normalized spacial score (nSPS) is 19.4. The third-order valence-electron chi connectivity index (χ3n) is 8.65. The van der Waals surface area contributed by atoms with Gasteiger partial charge in [0.25, 0.3) is 0 Å². The maximum absolute atomic E-state index is 8.94. The molecule has 3 heterocycles. The van der Waals surface area contributed by atoms with Crippen molar-refractivity contribution in [2.24, 2.45) is 0 Å². The van der Waals surface area contributed by atoms with Gasteiger partial charge in [-0.3, -0.25) is 10.3 Å². The van der Waals surface area contributed by atoms with E-state index in [1.54, 1.807) is 0 Å². The minimum Gasteiger partial charge on any atom is -0.684 e. The quantitative estimate of drug-likeness (QED) is 0.256. The van der Waals surface area contributed by atoms with Gasteiger partial charge in [-0.2, -0.15) is 0 Å². The van der Waals surface area contributed by atoms with Crippen LogP contribution in [0.3, 0.4) is 0 Å². The van der Waals surface area contributed by atoms with Gasteiger partial charge >= 0.3 is 0 Å². The summed E-state index contributed by atoms with van der Waals surface area (Å²) < 4.78 is 11.2. The average molecular weight is 709 g/mol. The molecule has 6 rings (SSSR count). The van der Waals surface area contributed by atoms with Crippen LogP contribution in [0.5, 0.6) is 0 Å². The fraction of sp³-hybridized carbons (Fsp3) is 0.406. The Morgan fingerprint density at radius 2 is 1.57 bits per heavy atom. The van der Waals surface area contributed by atoms with Gasteiger partial charge in [0.2, 0.25) is 0 Å². The fourth-order valence-corrected chi connectivity index (χ4v) is 6.03. The maximum atomic E-state index is 8.94. The van der Waals surface area contributed by atoms with Crippen molar-refractivity contribution in [2.45, 2.75) is 24.3 Å². The largest absolute Gasteiger partial charge is 0.684 e. The second-order valence-corrected chi connectivity index (χ2v) is 11.0. The molecule has 3 fully saturated rings. The van der Waals surface area contributed by atoms with E-state index in [0.717, 1.165) is 82.3 Å². The van der Waals surface area contributed by atoms with Crippen LogP contribution < -0.4 is 10.6 Å². The number of morpholine rings is 1. The number of nitrogen functional groups attached to an aromatic ring is 1. The predicted octanol–water partition coefficient (Wildman–Crippen LogP) is 4.96. The molecule has 0 spiro atoms. The summed E-state index contributed by atoms with van der Waals surface area (Å²) in [5.74, 6) is 0. The average Bonchev–Trinajstić information content (AvgIpc) is 2.97. The smallest absolute Gasteiger partial charge is 0.0704 e. The van der Waals surface area contributed by atoms with E-state index in [4.69, 9.17) is 25.9 Å². The number of nitrogens with two attached hydrogens (primary N) is 1. The van der Waals surface area contributed by atoms with Crippen LogP contribution in [0.25, 0.3) is 5.32 Å². The molecule has 0 aliphatic carbocycles. The minimum atomic E-state index is -0.0258. The third-order valence-corrected chi connectivity index (χ3v) is 8.65. The number of benzene rings is 3. The van der Waals surface area contributed by atoms with Crippen LogP contribution in [-0.4, -0.2) is 75.8 Å². The topological polar surface area (TPSA) is 88.9 Å². The first-order valence-corrected chi connectivity index (χ1v) is 14.1. The molecule has 0 unspecified atom stereocenters. The fourth-order valence-electron chi connectivity index (χ4n) is 6.03. The molecule has 0 amide bonds. The second-order valence-electron chi connectivity index (χ2n) is 11.0. The number of rotatable bonds is 8. The molecule has 3 aromatic carbocycles. The molecule has 7 nitrogen and oxygen atoms in total. The van der Waals surface area contributed by atoms with Crippen molar-refractivity contribution in [2.75, 3.05) is 69.8 Å². The first kappa shape index (κ1) is 28.8. The van der Waals surface area contributed by atoms with Gasteiger partial charge in [0, 0.05) is 89.0 Å². The van der Waals surface area contributed by atoms with Crippen molar-refractivity contribution in [3.05, 3.63) is 94.8 Å². The van der Waals surface area contributed by atoms with Crippen LogP contribution >= 0.6 is 0 Å². The van der Waals surface area contributed by atoms with E-state index >= 15 is 0 Å². The van der Waals surface area contributed by atoms with Crippen LogP contribution in [0.1, 0.15) is 29.5 Å². The van der Waals surface area contributed by atoms with Gasteiger partial charge in [0.15, 0.2) is 0 Å². The number of hydrogen-bond donors (Lipinski definition) is 2. The Morgan fingerprint density at radius 1 is 0.900 bits per heavy atom. The number of ether oxygens (including phenoxy) is 2. The molecule has 3 aliphatic rings. The number of hydrogen-bond acceptors (Lipinski definition) is 6. The summed E-state index contributed by atoms with van der Waals surface area (Å²) >= 11 is 0. The molecule has 3 N–H and O–H groups in total. The van der Waals surface area contributed by atoms with Crippen LogP contribution in [0.2, 0.25) is 0 Å². The minimum absolute atomic E-state index is 0. The first-order valence-electron chi connectivity index (χ1n) is 14.1. The van der Waals surface area contributed by atoms with E-state index in [9.17, 15) is 0 Å². The Bertz CT molecular complexity index is 1270. The van der Waals surface area contributed by atoms with Crippen LogP contribution in [0.15, 0.2) is 72.8 Å². The second kappa shape index (κ2) is 12.9. The standard InChI is InChI=1S/C32H38N5O2.W/c33-30-11-8-26(35-23-32(12-16-38-17-13-32)25-4-2-1-3-5-25)20-29(30)31(34)24-6-9-27(10-7-24)37-21-28(22-37)36-14-18-39-19-15-36;/h1-11,20,28,34H,12-19,21-23,33H2;/q-1;. The molecule has 0 radical (unpaired) electrons. The monoisotopic (exact) mass is 708 g/mol. The number of nitrogens with zero attached hydrogens (tertiary/aromatic N) is 3. The molecule has 0 atom stereocenters. The van der Waals surface area contributed by atoms with E-state index in [0.29, 0.717) is 24.0 Å². The molecular weight excluding hydrogens is 670 g/mol. The molecule has 210 valence electrons. The molecule has 0 saturated carbocycles.